The Labute approximate surface area is 122 Å². The lowest BCUT2D eigenvalue weighted by atomic mass is 9.83. The maximum atomic E-state index is 13.0. The number of fused-ring (bicyclic) bond motifs is 2. The van der Waals surface area contributed by atoms with Crippen molar-refractivity contribution in [3.8, 4) is 0 Å². The predicted octanol–water partition coefficient (Wildman–Crippen LogP) is 3.19. The second-order valence-corrected chi connectivity index (χ2v) is 5.80. The number of carbonyl (C=O) groups is 1. The van der Waals surface area contributed by atoms with E-state index in [1.54, 1.807) is 6.33 Å². The molecular weight excluding hydrogens is 262 g/mol. The summed E-state index contributed by atoms with van der Waals surface area (Å²) in [7, 11) is 0. The molecule has 2 aromatic heterocycles. The van der Waals surface area contributed by atoms with Crippen molar-refractivity contribution in [1.29, 1.82) is 0 Å². The molecule has 4 heteroatoms. The number of aryl methyl sites for hydroxylation is 2. The van der Waals surface area contributed by atoms with E-state index in [1.807, 2.05) is 31.2 Å². The van der Waals surface area contributed by atoms with Gasteiger partial charge in [-0.1, -0.05) is 18.2 Å². The highest BCUT2D eigenvalue weighted by molar-refractivity contribution is 6.10. The Kier molecular flexibility index (Phi) is 2.70. The molecular formula is C17H17N3O. The summed E-state index contributed by atoms with van der Waals surface area (Å²) < 4.78 is 0. The predicted molar refractivity (Wildman–Crippen MR) is 81.5 cm³/mol. The van der Waals surface area contributed by atoms with Crippen molar-refractivity contribution < 1.29 is 4.79 Å². The van der Waals surface area contributed by atoms with E-state index in [2.05, 4.69) is 15.0 Å². The molecule has 0 saturated carbocycles. The lowest BCUT2D eigenvalue weighted by Gasteiger charge is -2.20. The van der Waals surface area contributed by atoms with Gasteiger partial charge >= 0.3 is 0 Å². The molecule has 0 radical (unpaired) electrons. The SMILES string of the molecule is Cc1[nH]c2ccccc2c1C(=O)[C@H]1CCc2[nH]cnc2C1. The van der Waals surface area contributed by atoms with Gasteiger partial charge in [-0.05, 0) is 25.8 Å². The second-order valence-electron chi connectivity index (χ2n) is 5.80. The Bertz CT molecular complexity index is 828. The van der Waals surface area contributed by atoms with Gasteiger partial charge in [-0.15, -0.1) is 0 Å². The Morgan fingerprint density at radius 3 is 3.10 bits per heavy atom. The molecule has 0 aliphatic heterocycles. The molecule has 1 aromatic carbocycles. The molecule has 1 aliphatic carbocycles. The average Bonchev–Trinajstić information content (AvgIpc) is 3.08. The number of H-pyrrole nitrogens is 2. The summed E-state index contributed by atoms with van der Waals surface area (Å²) in [5.41, 5.74) is 5.10. The van der Waals surface area contributed by atoms with Crippen LogP contribution in [-0.4, -0.2) is 20.7 Å². The first-order chi connectivity index (χ1) is 10.2. The molecule has 4 rings (SSSR count). The zero-order chi connectivity index (χ0) is 14.4. The van der Waals surface area contributed by atoms with E-state index in [0.717, 1.165) is 47.1 Å². The van der Waals surface area contributed by atoms with Crippen LogP contribution in [0.3, 0.4) is 0 Å². The van der Waals surface area contributed by atoms with Crippen molar-refractivity contribution in [2.45, 2.75) is 26.2 Å². The lowest BCUT2D eigenvalue weighted by molar-refractivity contribution is 0.0909. The lowest BCUT2D eigenvalue weighted by Crippen LogP contribution is -2.23. The number of nitrogens with one attached hydrogen (secondary N) is 2. The van der Waals surface area contributed by atoms with E-state index in [-0.39, 0.29) is 11.7 Å². The summed E-state index contributed by atoms with van der Waals surface area (Å²) in [6.45, 7) is 1.98. The second kappa shape index (κ2) is 4.58. The number of carbonyl (C=O) groups excluding carboxylic acids is 1. The van der Waals surface area contributed by atoms with Crippen LogP contribution in [0.4, 0.5) is 0 Å². The Morgan fingerprint density at radius 2 is 2.19 bits per heavy atom. The van der Waals surface area contributed by atoms with Crippen LogP contribution >= 0.6 is 0 Å². The number of nitrogens with zero attached hydrogens (tertiary/aromatic N) is 1. The van der Waals surface area contributed by atoms with Gasteiger partial charge in [0.05, 0.1) is 12.0 Å². The van der Waals surface area contributed by atoms with Gasteiger partial charge in [-0.3, -0.25) is 4.79 Å². The van der Waals surface area contributed by atoms with Crippen LogP contribution in [0.15, 0.2) is 30.6 Å². The maximum Gasteiger partial charge on any atom is 0.168 e. The van der Waals surface area contributed by atoms with E-state index in [0.29, 0.717) is 0 Å². The standard InChI is InChI=1S/C17H17N3O/c1-10-16(12-4-2-3-5-13(12)20-10)17(21)11-6-7-14-15(8-11)19-9-18-14/h2-5,9,11,20H,6-8H2,1H3,(H,18,19)/t11-/m0/s1. The number of rotatable bonds is 2. The minimum Gasteiger partial charge on any atom is -0.358 e. The summed E-state index contributed by atoms with van der Waals surface area (Å²) in [5.74, 6) is 0.289. The van der Waals surface area contributed by atoms with Crippen LogP contribution in [0.1, 0.15) is 33.9 Å². The van der Waals surface area contributed by atoms with Gasteiger partial charge in [0.1, 0.15) is 0 Å². The highest BCUT2D eigenvalue weighted by Gasteiger charge is 2.29. The Morgan fingerprint density at radius 1 is 1.33 bits per heavy atom. The van der Waals surface area contributed by atoms with Gasteiger partial charge < -0.3 is 9.97 Å². The van der Waals surface area contributed by atoms with E-state index in [1.165, 1.54) is 5.69 Å². The number of para-hydroxylation sites is 1. The smallest absolute Gasteiger partial charge is 0.168 e. The van der Waals surface area contributed by atoms with Gasteiger partial charge in [0.2, 0.25) is 0 Å². The number of benzene rings is 1. The molecule has 3 aromatic rings. The number of hydrogen-bond donors (Lipinski definition) is 2. The third-order valence-electron chi connectivity index (χ3n) is 4.50. The van der Waals surface area contributed by atoms with E-state index in [4.69, 9.17) is 0 Å². The van der Waals surface area contributed by atoms with Crippen LogP contribution < -0.4 is 0 Å². The van der Waals surface area contributed by atoms with Crippen molar-refractivity contribution in [2.75, 3.05) is 0 Å². The highest BCUT2D eigenvalue weighted by Crippen LogP contribution is 2.30. The zero-order valence-corrected chi connectivity index (χ0v) is 11.9. The van der Waals surface area contributed by atoms with Gasteiger partial charge in [0.25, 0.3) is 0 Å². The fourth-order valence-corrected chi connectivity index (χ4v) is 3.42. The number of imidazole rings is 1. The minimum absolute atomic E-state index is 0.0405. The normalized spacial score (nSPS) is 17.9. The molecule has 0 fully saturated rings. The van der Waals surface area contributed by atoms with Gasteiger partial charge in [0.15, 0.2) is 5.78 Å². The van der Waals surface area contributed by atoms with Crippen LogP contribution in [0.25, 0.3) is 10.9 Å². The van der Waals surface area contributed by atoms with Gasteiger partial charge in [-0.25, -0.2) is 4.98 Å². The largest absolute Gasteiger partial charge is 0.358 e. The number of hydrogen-bond acceptors (Lipinski definition) is 2. The van der Waals surface area contributed by atoms with Crippen molar-refractivity contribution in [2.24, 2.45) is 5.92 Å². The summed E-state index contributed by atoms with van der Waals surface area (Å²) in [5, 5.41) is 1.04. The van der Waals surface area contributed by atoms with E-state index >= 15 is 0 Å². The van der Waals surface area contributed by atoms with Gasteiger partial charge in [0, 0.05) is 40.2 Å². The zero-order valence-electron chi connectivity index (χ0n) is 11.9. The molecule has 0 saturated heterocycles. The first-order valence-corrected chi connectivity index (χ1v) is 7.36. The van der Waals surface area contributed by atoms with Crippen LogP contribution in [0.5, 0.6) is 0 Å². The molecule has 2 N–H and O–H groups in total. The molecule has 4 nitrogen and oxygen atoms in total. The molecule has 0 amide bonds. The van der Waals surface area contributed by atoms with Crippen molar-refractivity contribution in [3.05, 3.63) is 53.2 Å². The topological polar surface area (TPSA) is 61.5 Å². The number of aromatic amines is 2. The number of aromatic nitrogens is 3. The third-order valence-corrected chi connectivity index (χ3v) is 4.50. The summed E-state index contributed by atoms with van der Waals surface area (Å²) >= 11 is 0. The Balaban J connectivity index is 1.73. The molecule has 106 valence electrons. The first kappa shape index (κ1) is 12.4. The van der Waals surface area contributed by atoms with Crippen molar-refractivity contribution >= 4 is 16.7 Å². The fourth-order valence-electron chi connectivity index (χ4n) is 3.42. The molecule has 21 heavy (non-hydrogen) atoms. The first-order valence-electron chi connectivity index (χ1n) is 7.36. The van der Waals surface area contributed by atoms with Crippen LogP contribution in [-0.2, 0) is 12.8 Å². The number of Topliss-reactive ketones (excluding diaryl/α,β-unsaturated/α-hetero) is 1. The Hall–Kier alpha value is -2.36. The van der Waals surface area contributed by atoms with Gasteiger partial charge in [-0.2, -0.15) is 0 Å². The van der Waals surface area contributed by atoms with Crippen LogP contribution in [0.2, 0.25) is 0 Å². The molecule has 1 atom stereocenters. The molecule has 0 unspecified atom stereocenters. The van der Waals surface area contributed by atoms with Crippen molar-refractivity contribution in [3.63, 3.8) is 0 Å². The fraction of sp³-hybridized carbons (Fsp3) is 0.294. The quantitative estimate of drug-likeness (QED) is 0.708. The van der Waals surface area contributed by atoms with E-state index < -0.39 is 0 Å². The maximum absolute atomic E-state index is 13.0. The molecule has 1 aliphatic rings. The molecule has 0 spiro atoms. The molecule has 0 bridgehead atoms. The average molecular weight is 279 g/mol. The van der Waals surface area contributed by atoms with E-state index in [9.17, 15) is 4.79 Å². The minimum atomic E-state index is 0.0405. The molecule has 2 heterocycles. The van der Waals surface area contributed by atoms with Crippen LogP contribution in [0, 0.1) is 12.8 Å². The summed E-state index contributed by atoms with van der Waals surface area (Å²) in [6.07, 6.45) is 4.28. The number of ketones is 1. The summed E-state index contributed by atoms with van der Waals surface area (Å²) in [4.78, 5) is 23.8. The van der Waals surface area contributed by atoms with Crippen molar-refractivity contribution in [1.82, 2.24) is 15.0 Å². The monoisotopic (exact) mass is 279 g/mol. The third kappa shape index (κ3) is 1.90. The summed E-state index contributed by atoms with van der Waals surface area (Å²) in [6, 6.07) is 8.02. The highest BCUT2D eigenvalue weighted by atomic mass is 16.1.